The third kappa shape index (κ3) is 7.31. The zero-order chi connectivity index (χ0) is 23.4. The van der Waals surface area contributed by atoms with Crippen molar-refractivity contribution < 1.29 is 36.2 Å². The molecule has 0 aliphatic rings. The fourth-order valence-corrected chi connectivity index (χ4v) is 3.96. The number of hydrogen-bond donors (Lipinski definition) is 0. The molecule has 0 N–H and O–H groups in total. The van der Waals surface area contributed by atoms with Gasteiger partial charge in [-0.1, -0.05) is 52.4 Å². The molecule has 0 spiro atoms. The summed E-state index contributed by atoms with van der Waals surface area (Å²) in [6.07, 6.45) is 9.17. The van der Waals surface area contributed by atoms with Crippen molar-refractivity contribution in [1.29, 1.82) is 0 Å². The Bertz CT molecular complexity index is 628. The highest BCUT2D eigenvalue weighted by Gasteiger charge is 2.37. The number of methoxy groups -OCH3 is 2. The summed E-state index contributed by atoms with van der Waals surface area (Å²) >= 11 is 0. The molecule has 0 bridgehead atoms. The molecule has 1 unspecified atom stereocenters. The van der Waals surface area contributed by atoms with Crippen molar-refractivity contribution in [2.45, 2.75) is 83.8 Å². The Morgan fingerprint density at radius 1 is 0.677 bits per heavy atom. The topological polar surface area (TPSA) is 27.7 Å². The number of rotatable bonds is 16. The van der Waals surface area contributed by atoms with Gasteiger partial charge < -0.3 is 14.2 Å². The minimum Gasteiger partial charge on any atom is -0.487 e. The van der Waals surface area contributed by atoms with Crippen LogP contribution in [0.4, 0.5) is 22.0 Å². The molecule has 1 atom stereocenters. The maximum Gasteiger partial charge on any atom is 0.206 e. The van der Waals surface area contributed by atoms with E-state index < -0.39 is 40.6 Å². The van der Waals surface area contributed by atoms with Crippen LogP contribution in [-0.2, 0) is 9.47 Å². The van der Waals surface area contributed by atoms with Crippen LogP contribution in [-0.4, -0.2) is 26.6 Å². The Balaban J connectivity index is 2.72. The van der Waals surface area contributed by atoms with Crippen LogP contribution in [0.3, 0.4) is 0 Å². The highest BCUT2D eigenvalue weighted by molar-refractivity contribution is 5.29. The summed E-state index contributed by atoms with van der Waals surface area (Å²) in [6.45, 7) is 3.92. The molecule has 1 rings (SSSR count). The molecule has 1 aromatic rings. The van der Waals surface area contributed by atoms with E-state index in [1.807, 2.05) is 6.92 Å². The lowest BCUT2D eigenvalue weighted by Gasteiger charge is -2.38. The van der Waals surface area contributed by atoms with Gasteiger partial charge in [0.1, 0.15) is 0 Å². The first-order chi connectivity index (χ1) is 14.8. The maximum atomic E-state index is 13.7. The molecule has 0 aliphatic carbocycles. The van der Waals surface area contributed by atoms with Crippen LogP contribution in [0.2, 0.25) is 0 Å². The fourth-order valence-electron chi connectivity index (χ4n) is 3.96. The van der Waals surface area contributed by atoms with E-state index in [1.54, 1.807) is 14.2 Å². The number of benzene rings is 1. The summed E-state index contributed by atoms with van der Waals surface area (Å²) in [7, 11) is 3.15. The van der Waals surface area contributed by atoms with Crippen LogP contribution in [0, 0.1) is 35.0 Å². The summed E-state index contributed by atoms with van der Waals surface area (Å²) in [5, 5.41) is 0. The minimum absolute atomic E-state index is 0.00124. The van der Waals surface area contributed by atoms with Gasteiger partial charge in [-0.3, -0.25) is 0 Å². The number of halogens is 5. The number of hydrogen-bond acceptors (Lipinski definition) is 3. The van der Waals surface area contributed by atoms with Crippen molar-refractivity contribution in [2.75, 3.05) is 20.8 Å². The third-order valence-corrected chi connectivity index (χ3v) is 5.82. The van der Waals surface area contributed by atoms with E-state index in [-0.39, 0.29) is 12.5 Å². The average molecular weight is 455 g/mol. The molecule has 0 saturated carbocycles. The van der Waals surface area contributed by atoms with Crippen LogP contribution in [0.25, 0.3) is 0 Å². The summed E-state index contributed by atoms with van der Waals surface area (Å²) in [5.41, 5.74) is 0. The summed E-state index contributed by atoms with van der Waals surface area (Å²) in [4.78, 5) is 0. The summed E-state index contributed by atoms with van der Waals surface area (Å²) < 4.78 is 83.5. The first-order valence-corrected chi connectivity index (χ1v) is 11.0. The molecule has 0 fully saturated rings. The Labute approximate surface area is 182 Å². The van der Waals surface area contributed by atoms with Crippen molar-refractivity contribution in [3.8, 4) is 5.75 Å². The minimum atomic E-state index is -2.20. The normalized spacial score (nSPS) is 12.9. The Morgan fingerprint density at radius 3 is 1.68 bits per heavy atom. The Kier molecular flexibility index (Phi) is 12.4. The second-order valence-electron chi connectivity index (χ2n) is 7.72. The molecule has 0 aliphatic heterocycles. The van der Waals surface area contributed by atoms with E-state index in [0.717, 1.165) is 25.7 Å². The smallest absolute Gasteiger partial charge is 0.206 e. The van der Waals surface area contributed by atoms with Crippen molar-refractivity contribution in [1.82, 2.24) is 0 Å². The Morgan fingerprint density at radius 2 is 1.16 bits per heavy atom. The molecule has 31 heavy (non-hydrogen) atoms. The first kappa shape index (κ1) is 27.6. The third-order valence-electron chi connectivity index (χ3n) is 5.82. The predicted octanol–water partition coefficient (Wildman–Crippen LogP) is 7.31. The van der Waals surface area contributed by atoms with E-state index in [1.165, 1.54) is 19.3 Å². The van der Waals surface area contributed by atoms with Crippen LogP contribution in [0.1, 0.15) is 78.1 Å². The van der Waals surface area contributed by atoms with E-state index in [4.69, 9.17) is 14.2 Å². The summed E-state index contributed by atoms with van der Waals surface area (Å²) in [5.74, 6) is -12.2. The molecule has 1 aromatic carbocycles. The van der Waals surface area contributed by atoms with Crippen molar-refractivity contribution in [3.63, 3.8) is 0 Å². The standard InChI is InChI=1S/C23H35F5O3/c1-5-7-8-9-10-11-13-16(23(6-2,29-3)30-4)14-12-15-31-22-20(27)18(25)17(24)19(26)21(22)28/h16H,5-15H2,1-4H3. The van der Waals surface area contributed by atoms with E-state index in [2.05, 4.69) is 6.92 Å². The number of unbranched alkanes of at least 4 members (excludes halogenated alkanes) is 5. The molecule has 0 saturated heterocycles. The van der Waals surface area contributed by atoms with E-state index in [9.17, 15) is 22.0 Å². The van der Waals surface area contributed by atoms with E-state index >= 15 is 0 Å². The van der Waals surface area contributed by atoms with Crippen molar-refractivity contribution in [3.05, 3.63) is 29.1 Å². The molecule has 0 heterocycles. The average Bonchev–Trinajstić information content (AvgIpc) is 2.78. The molecule has 180 valence electrons. The zero-order valence-corrected chi connectivity index (χ0v) is 19.0. The first-order valence-electron chi connectivity index (χ1n) is 11.0. The van der Waals surface area contributed by atoms with Gasteiger partial charge in [0.05, 0.1) is 6.61 Å². The quantitative estimate of drug-likeness (QED) is 0.0862. The van der Waals surface area contributed by atoms with Gasteiger partial charge in [-0.2, -0.15) is 8.78 Å². The van der Waals surface area contributed by atoms with Gasteiger partial charge in [0, 0.05) is 20.1 Å². The molecule has 0 aromatic heterocycles. The molecule has 0 amide bonds. The van der Waals surface area contributed by atoms with Crippen LogP contribution in [0.5, 0.6) is 5.75 Å². The fraction of sp³-hybridized carbons (Fsp3) is 0.739. The van der Waals surface area contributed by atoms with Crippen LogP contribution in [0.15, 0.2) is 0 Å². The highest BCUT2D eigenvalue weighted by atomic mass is 19.2. The summed E-state index contributed by atoms with van der Waals surface area (Å²) in [6, 6.07) is 0. The second kappa shape index (κ2) is 13.9. The molecule has 0 radical (unpaired) electrons. The highest BCUT2D eigenvalue weighted by Crippen LogP contribution is 2.35. The monoisotopic (exact) mass is 454 g/mol. The van der Waals surface area contributed by atoms with Gasteiger partial charge >= 0.3 is 0 Å². The van der Waals surface area contributed by atoms with Gasteiger partial charge in [0.15, 0.2) is 11.5 Å². The van der Waals surface area contributed by atoms with E-state index in [0.29, 0.717) is 19.3 Å². The van der Waals surface area contributed by atoms with Crippen LogP contribution >= 0.6 is 0 Å². The molecule has 3 nitrogen and oxygen atoms in total. The van der Waals surface area contributed by atoms with Gasteiger partial charge in [-0.05, 0) is 25.7 Å². The van der Waals surface area contributed by atoms with Gasteiger partial charge in [0.2, 0.25) is 29.1 Å². The lowest BCUT2D eigenvalue weighted by atomic mass is 9.86. The lowest BCUT2D eigenvalue weighted by Crippen LogP contribution is -2.41. The molecular weight excluding hydrogens is 419 g/mol. The number of ether oxygens (including phenoxy) is 3. The molecular formula is C23H35F5O3. The zero-order valence-electron chi connectivity index (χ0n) is 19.0. The SMILES string of the molecule is CCCCCCCCC(CCCOc1c(F)c(F)c(F)c(F)c1F)C(CC)(OC)OC. The Hall–Kier alpha value is -1.41. The van der Waals surface area contributed by atoms with Crippen molar-refractivity contribution in [2.24, 2.45) is 5.92 Å². The van der Waals surface area contributed by atoms with Gasteiger partial charge in [-0.25, -0.2) is 13.2 Å². The van der Waals surface area contributed by atoms with Crippen molar-refractivity contribution >= 4 is 0 Å². The maximum absolute atomic E-state index is 13.7. The predicted molar refractivity (Wildman–Crippen MR) is 109 cm³/mol. The van der Waals surface area contributed by atoms with Crippen LogP contribution < -0.4 is 4.74 Å². The largest absolute Gasteiger partial charge is 0.487 e. The molecule has 8 heteroatoms. The lowest BCUT2D eigenvalue weighted by molar-refractivity contribution is -0.244. The second-order valence-corrected chi connectivity index (χ2v) is 7.72. The van der Waals surface area contributed by atoms with Gasteiger partial charge in [0.25, 0.3) is 0 Å². The van der Waals surface area contributed by atoms with Gasteiger partial charge in [-0.15, -0.1) is 0 Å².